The summed E-state index contributed by atoms with van der Waals surface area (Å²) in [6, 6.07) is 20.1. The molecule has 1 saturated heterocycles. The molecule has 0 radical (unpaired) electrons. The zero-order chi connectivity index (χ0) is 26.5. The first-order valence-electron chi connectivity index (χ1n) is 12.8. The number of carbonyl (C=O) groups excluding carboxylic acids is 3. The zero-order valence-corrected chi connectivity index (χ0v) is 20.9. The predicted molar refractivity (Wildman–Crippen MR) is 141 cm³/mol. The standard InChI is InChI=1S/C29H30N4O5/c34-26-8-4-5-16-33(26)23-13-11-21(12-14-23)27(35)30-25-18-32(28(36)22-9-10-22)17-15-24(25)31-29(37)38-19-20-6-2-1-3-7-20/h1-8,11-14,16,22,24-25H,9-10,15,17-19H2,(H,30,35)(H,31,37). The van der Waals surface area contributed by atoms with Crippen molar-refractivity contribution in [3.05, 3.63) is 100 Å². The Morgan fingerprint density at radius 3 is 2.29 bits per heavy atom. The van der Waals surface area contributed by atoms with E-state index >= 15 is 0 Å². The van der Waals surface area contributed by atoms with Gasteiger partial charge in [-0.25, -0.2) is 4.79 Å². The Morgan fingerprint density at radius 1 is 0.842 bits per heavy atom. The number of aromatic nitrogens is 1. The van der Waals surface area contributed by atoms with Gasteiger partial charge in [-0.15, -0.1) is 0 Å². The Kier molecular flexibility index (Phi) is 7.53. The van der Waals surface area contributed by atoms with Gasteiger partial charge in [-0.05, 0) is 55.2 Å². The van der Waals surface area contributed by atoms with Crippen molar-refractivity contribution in [2.75, 3.05) is 13.1 Å². The predicted octanol–water partition coefficient (Wildman–Crippen LogP) is 2.87. The molecule has 1 saturated carbocycles. The Balaban J connectivity index is 1.25. The van der Waals surface area contributed by atoms with Crippen molar-refractivity contribution in [3.63, 3.8) is 0 Å². The zero-order valence-electron chi connectivity index (χ0n) is 20.9. The van der Waals surface area contributed by atoms with Gasteiger partial charge in [0.1, 0.15) is 6.61 Å². The van der Waals surface area contributed by atoms with Crippen LogP contribution in [0.4, 0.5) is 4.79 Å². The molecule has 2 fully saturated rings. The highest BCUT2D eigenvalue weighted by Gasteiger charge is 2.39. The van der Waals surface area contributed by atoms with Crippen LogP contribution < -0.4 is 16.2 Å². The summed E-state index contributed by atoms with van der Waals surface area (Å²) in [5.41, 5.74) is 1.76. The summed E-state index contributed by atoms with van der Waals surface area (Å²) in [6.45, 7) is 0.952. The molecule has 1 aromatic heterocycles. The van der Waals surface area contributed by atoms with Gasteiger partial charge in [-0.2, -0.15) is 0 Å². The summed E-state index contributed by atoms with van der Waals surface area (Å²) in [6.07, 6.45) is 3.39. The highest BCUT2D eigenvalue weighted by Crippen LogP contribution is 2.32. The molecule has 9 nitrogen and oxygen atoms in total. The van der Waals surface area contributed by atoms with Crippen molar-refractivity contribution in [2.45, 2.75) is 38.0 Å². The lowest BCUT2D eigenvalue weighted by Crippen LogP contribution is -2.61. The van der Waals surface area contributed by atoms with Gasteiger partial charge in [-0.1, -0.05) is 36.4 Å². The molecule has 0 bridgehead atoms. The molecular weight excluding hydrogens is 484 g/mol. The van der Waals surface area contributed by atoms with Gasteiger partial charge < -0.3 is 20.3 Å². The summed E-state index contributed by atoms with van der Waals surface area (Å²) in [4.78, 5) is 52.3. The molecule has 0 spiro atoms. The molecule has 196 valence electrons. The Morgan fingerprint density at radius 2 is 1.58 bits per heavy atom. The van der Waals surface area contributed by atoms with Crippen LogP contribution in [-0.4, -0.2) is 52.5 Å². The number of ether oxygens (including phenoxy) is 1. The van der Waals surface area contributed by atoms with E-state index < -0.39 is 18.2 Å². The van der Waals surface area contributed by atoms with Crippen LogP contribution in [0.5, 0.6) is 0 Å². The molecular formula is C29H30N4O5. The first kappa shape index (κ1) is 25.3. The van der Waals surface area contributed by atoms with Crippen LogP contribution in [0, 0.1) is 5.92 Å². The van der Waals surface area contributed by atoms with E-state index in [-0.39, 0.29) is 29.9 Å². The van der Waals surface area contributed by atoms with Crippen LogP contribution in [-0.2, 0) is 16.1 Å². The number of nitrogens with zero attached hydrogens (tertiary/aromatic N) is 2. The average molecular weight is 515 g/mol. The smallest absolute Gasteiger partial charge is 0.407 e. The second-order valence-electron chi connectivity index (χ2n) is 9.70. The second-order valence-corrected chi connectivity index (χ2v) is 9.70. The minimum atomic E-state index is -0.572. The van der Waals surface area contributed by atoms with E-state index in [0.29, 0.717) is 30.8 Å². The van der Waals surface area contributed by atoms with Gasteiger partial charge in [0.25, 0.3) is 11.5 Å². The Bertz CT molecular complexity index is 1350. The Hall–Kier alpha value is -4.40. The van der Waals surface area contributed by atoms with E-state index in [9.17, 15) is 19.2 Å². The normalized spacial score (nSPS) is 18.9. The molecule has 2 aliphatic rings. The first-order valence-corrected chi connectivity index (χ1v) is 12.8. The van der Waals surface area contributed by atoms with Crippen LogP contribution in [0.25, 0.3) is 5.69 Å². The number of likely N-dealkylation sites (tertiary alicyclic amines) is 1. The van der Waals surface area contributed by atoms with Gasteiger partial charge in [-0.3, -0.25) is 19.0 Å². The van der Waals surface area contributed by atoms with Crippen molar-refractivity contribution >= 4 is 17.9 Å². The lowest BCUT2D eigenvalue weighted by molar-refractivity contribution is -0.134. The molecule has 1 aliphatic heterocycles. The van der Waals surface area contributed by atoms with E-state index in [1.807, 2.05) is 30.3 Å². The second kappa shape index (κ2) is 11.3. The molecule has 38 heavy (non-hydrogen) atoms. The number of nitrogens with one attached hydrogen (secondary N) is 2. The van der Waals surface area contributed by atoms with Gasteiger partial charge in [0.2, 0.25) is 5.91 Å². The number of carbonyl (C=O) groups is 3. The molecule has 2 unspecified atom stereocenters. The Labute approximate surface area is 220 Å². The molecule has 3 aromatic rings. The maximum Gasteiger partial charge on any atom is 0.407 e. The van der Waals surface area contributed by atoms with Gasteiger partial charge >= 0.3 is 6.09 Å². The third kappa shape index (κ3) is 6.11. The quantitative estimate of drug-likeness (QED) is 0.504. The van der Waals surface area contributed by atoms with Crippen molar-refractivity contribution in [1.82, 2.24) is 20.1 Å². The van der Waals surface area contributed by atoms with Crippen LogP contribution in [0.3, 0.4) is 0 Å². The van der Waals surface area contributed by atoms with Crippen molar-refractivity contribution in [3.8, 4) is 5.69 Å². The highest BCUT2D eigenvalue weighted by atomic mass is 16.5. The third-order valence-corrected chi connectivity index (χ3v) is 6.91. The molecule has 2 aromatic carbocycles. The average Bonchev–Trinajstić information content (AvgIpc) is 3.79. The fraction of sp³-hybridized carbons (Fsp3) is 0.310. The fourth-order valence-electron chi connectivity index (χ4n) is 4.64. The fourth-order valence-corrected chi connectivity index (χ4v) is 4.64. The topological polar surface area (TPSA) is 110 Å². The van der Waals surface area contributed by atoms with Gasteiger partial charge in [0.05, 0.1) is 12.1 Å². The summed E-state index contributed by atoms with van der Waals surface area (Å²) in [5, 5.41) is 5.89. The summed E-state index contributed by atoms with van der Waals surface area (Å²) >= 11 is 0. The number of benzene rings is 2. The summed E-state index contributed by atoms with van der Waals surface area (Å²) < 4.78 is 6.88. The first-order chi connectivity index (χ1) is 18.5. The maximum atomic E-state index is 13.2. The number of hydrogen-bond acceptors (Lipinski definition) is 5. The van der Waals surface area contributed by atoms with Crippen LogP contribution in [0.2, 0.25) is 0 Å². The largest absolute Gasteiger partial charge is 0.445 e. The van der Waals surface area contributed by atoms with Gasteiger partial charge in [0, 0.05) is 42.5 Å². The van der Waals surface area contributed by atoms with Crippen molar-refractivity contribution < 1.29 is 19.1 Å². The highest BCUT2D eigenvalue weighted by molar-refractivity contribution is 5.94. The minimum absolute atomic E-state index is 0.0700. The van der Waals surface area contributed by atoms with E-state index in [2.05, 4.69) is 10.6 Å². The van der Waals surface area contributed by atoms with E-state index in [0.717, 1.165) is 18.4 Å². The van der Waals surface area contributed by atoms with Crippen LogP contribution in [0.1, 0.15) is 35.2 Å². The number of hydrogen-bond donors (Lipinski definition) is 2. The van der Waals surface area contributed by atoms with E-state index in [1.54, 1.807) is 47.5 Å². The number of piperidine rings is 1. The van der Waals surface area contributed by atoms with Crippen molar-refractivity contribution in [2.24, 2.45) is 5.92 Å². The molecule has 2 N–H and O–H groups in total. The SMILES string of the molecule is O=C(NC1CCN(C(=O)C2CC2)CC1NC(=O)c1ccc(-n2ccccc2=O)cc1)OCc1ccccc1. The van der Waals surface area contributed by atoms with Crippen LogP contribution >= 0.6 is 0 Å². The number of amides is 3. The monoisotopic (exact) mass is 514 g/mol. The summed E-state index contributed by atoms with van der Waals surface area (Å²) in [7, 11) is 0. The van der Waals surface area contributed by atoms with Gasteiger partial charge in [0.15, 0.2) is 0 Å². The molecule has 9 heteroatoms. The lowest BCUT2D eigenvalue weighted by Gasteiger charge is -2.39. The van der Waals surface area contributed by atoms with Crippen LogP contribution in [0.15, 0.2) is 83.8 Å². The summed E-state index contributed by atoms with van der Waals surface area (Å²) in [5.74, 6) is -0.153. The molecule has 5 rings (SSSR count). The molecule has 3 amide bonds. The lowest BCUT2D eigenvalue weighted by atomic mass is 9.98. The van der Waals surface area contributed by atoms with Crippen molar-refractivity contribution in [1.29, 1.82) is 0 Å². The van der Waals surface area contributed by atoms with E-state index in [4.69, 9.17) is 4.74 Å². The molecule has 2 atom stereocenters. The number of rotatable bonds is 7. The number of alkyl carbamates (subject to hydrolysis) is 1. The molecule has 1 aliphatic carbocycles. The molecule has 2 heterocycles. The van der Waals surface area contributed by atoms with E-state index in [1.165, 1.54) is 10.6 Å². The maximum absolute atomic E-state index is 13.2. The minimum Gasteiger partial charge on any atom is -0.445 e. The third-order valence-electron chi connectivity index (χ3n) is 6.91. The number of pyridine rings is 1.